The molecule has 2 aromatic carbocycles. The molecule has 0 spiro atoms. The lowest BCUT2D eigenvalue weighted by Crippen LogP contribution is -2.27. The van der Waals surface area contributed by atoms with Crippen LogP contribution >= 0.6 is 0 Å². The summed E-state index contributed by atoms with van der Waals surface area (Å²) in [6.45, 7) is 1.76. The molecule has 9 heteroatoms. The van der Waals surface area contributed by atoms with E-state index in [4.69, 9.17) is 0 Å². The second-order valence-electron chi connectivity index (χ2n) is 7.62. The van der Waals surface area contributed by atoms with E-state index in [2.05, 4.69) is 15.3 Å². The summed E-state index contributed by atoms with van der Waals surface area (Å²) in [6, 6.07) is 12.2. The van der Waals surface area contributed by atoms with Crippen LogP contribution in [0.1, 0.15) is 29.0 Å². The minimum Gasteiger partial charge on any atom is -0.344 e. The number of carbonyl (C=O) groups excluding carboxylic acids is 1. The Morgan fingerprint density at radius 2 is 1.70 bits per heavy atom. The number of sulfone groups is 1. The minimum atomic E-state index is -3.31. The van der Waals surface area contributed by atoms with Crippen molar-refractivity contribution in [3.8, 4) is 11.1 Å². The van der Waals surface area contributed by atoms with Crippen LogP contribution < -0.4 is 5.32 Å². The van der Waals surface area contributed by atoms with E-state index in [1.165, 1.54) is 30.5 Å². The molecule has 0 aliphatic carbocycles. The van der Waals surface area contributed by atoms with Gasteiger partial charge in [-0.25, -0.2) is 22.2 Å². The van der Waals surface area contributed by atoms with E-state index in [1.54, 1.807) is 31.3 Å². The van der Waals surface area contributed by atoms with Gasteiger partial charge in [0.25, 0.3) is 5.91 Å². The summed E-state index contributed by atoms with van der Waals surface area (Å²) in [7, 11) is -3.31. The van der Waals surface area contributed by atoms with Crippen LogP contribution in [0.25, 0.3) is 22.0 Å². The van der Waals surface area contributed by atoms with Gasteiger partial charge in [0.15, 0.2) is 9.84 Å². The summed E-state index contributed by atoms with van der Waals surface area (Å²) in [4.78, 5) is 21.6. The Hall–Kier alpha value is -3.72. The molecule has 2 aromatic heterocycles. The third-order valence-electron chi connectivity index (χ3n) is 5.21. The van der Waals surface area contributed by atoms with Crippen molar-refractivity contribution in [3.63, 3.8) is 0 Å². The van der Waals surface area contributed by atoms with Gasteiger partial charge in [0, 0.05) is 41.2 Å². The average molecular weight is 467 g/mol. The molecule has 4 aromatic rings. The van der Waals surface area contributed by atoms with Gasteiger partial charge in [-0.2, -0.15) is 0 Å². The first-order chi connectivity index (χ1) is 15.6. The third-order valence-corrected chi connectivity index (χ3v) is 6.34. The zero-order valence-electron chi connectivity index (χ0n) is 17.7. The molecule has 0 aliphatic heterocycles. The smallest absolute Gasteiger partial charge is 0.270 e. The van der Waals surface area contributed by atoms with E-state index in [0.29, 0.717) is 16.5 Å². The SMILES string of the molecule is CC(NC(=O)c1ccc2cncc(-c3ccc(F)cc3F)c2n1)c1ccc(S(C)(=O)=O)cc1. The number of hydrogen-bond donors (Lipinski definition) is 1. The fourth-order valence-corrected chi connectivity index (χ4v) is 4.06. The number of nitrogens with one attached hydrogen (secondary N) is 1. The van der Waals surface area contributed by atoms with E-state index in [0.717, 1.165) is 24.0 Å². The average Bonchev–Trinajstić information content (AvgIpc) is 2.78. The minimum absolute atomic E-state index is 0.108. The van der Waals surface area contributed by atoms with Crippen molar-refractivity contribution in [2.75, 3.05) is 6.26 Å². The molecule has 6 nitrogen and oxygen atoms in total. The molecule has 1 N–H and O–H groups in total. The van der Waals surface area contributed by atoms with E-state index < -0.39 is 33.4 Å². The Kier molecular flexibility index (Phi) is 5.90. The molecule has 0 radical (unpaired) electrons. The Morgan fingerprint density at radius 1 is 0.970 bits per heavy atom. The molecule has 0 aliphatic rings. The van der Waals surface area contributed by atoms with Gasteiger partial charge in [-0.1, -0.05) is 12.1 Å². The summed E-state index contributed by atoms with van der Waals surface area (Å²) in [6.07, 6.45) is 4.08. The predicted octanol–water partition coefficient (Wildman–Crippen LogP) is 4.47. The van der Waals surface area contributed by atoms with Crippen LogP contribution in [0.15, 0.2) is 71.9 Å². The maximum atomic E-state index is 14.4. The molecular weight excluding hydrogens is 448 g/mol. The highest BCUT2D eigenvalue weighted by molar-refractivity contribution is 7.90. The van der Waals surface area contributed by atoms with Gasteiger partial charge in [0.2, 0.25) is 0 Å². The molecule has 0 saturated carbocycles. The zero-order chi connectivity index (χ0) is 23.8. The normalized spacial score (nSPS) is 12.5. The lowest BCUT2D eigenvalue weighted by molar-refractivity contribution is 0.0935. The molecule has 2 heterocycles. The van der Waals surface area contributed by atoms with Crippen LogP contribution in [0.5, 0.6) is 0 Å². The van der Waals surface area contributed by atoms with Gasteiger partial charge in [-0.05, 0) is 48.9 Å². The number of hydrogen-bond acceptors (Lipinski definition) is 5. The van der Waals surface area contributed by atoms with Crippen LogP contribution in [-0.4, -0.2) is 30.5 Å². The quantitative estimate of drug-likeness (QED) is 0.468. The van der Waals surface area contributed by atoms with Gasteiger partial charge < -0.3 is 5.32 Å². The van der Waals surface area contributed by atoms with Crippen LogP contribution in [0, 0.1) is 11.6 Å². The van der Waals surface area contributed by atoms with Gasteiger partial charge in [0.05, 0.1) is 16.5 Å². The molecular formula is C24H19F2N3O3S. The maximum absolute atomic E-state index is 14.4. The number of halogens is 2. The molecule has 33 heavy (non-hydrogen) atoms. The standard InChI is InChI=1S/C24H19F2N3O3S/c1-14(15-3-7-18(8-4-15)33(2,31)32)28-24(30)22-10-5-16-12-27-13-20(23(16)29-22)19-9-6-17(25)11-21(19)26/h3-14H,1-2H3,(H,28,30). The number of benzene rings is 2. The lowest BCUT2D eigenvalue weighted by atomic mass is 10.0. The van der Waals surface area contributed by atoms with Crippen molar-refractivity contribution >= 4 is 26.6 Å². The third kappa shape index (κ3) is 4.73. The van der Waals surface area contributed by atoms with Crippen molar-refractivity contribution < 1.29 is 22.0 Å². The van der Waals surface area contributed by atoms with Crippen LogP contribution in [-0.2, 0) is 9.84 Å². The summed E-state index contributed by atoms with van der Waals surface area (Å²) < 4.78 is 51.0. The summed E-state index contributed by atoms with van der Waals surface area (Å²) >= 11 is 0. The van der Waals surface area contributed by atoms with E-state index in [-0.39, 0.29) is 16.2 Å². The first-order valence-electron chi connectivity index (χ1n) is 9.94. The largest absolute Gasteiger partial charge is 0.344 e. The van der Waals surface area contributed by atoms with Gasteiger partial charge in [-0.15, -0.1) is 0 Å². The highest BCUT2D eigenvalue weighted by atomic mass is 32.2. The molecule has 4 rings (SSSR count). The van der Waals surface area contributed by atoms with E-state index >= 15 is 0 Å². The Morgan fingerprint density at radius 3 is 2.36 bits per heavy atom. The number of pyridine rings is 2. The van der Waals surface area contributed by atoms with E-state index in [1.807, 2.05) is 0 Å². The number of rotatable bonds is 5. The number of amides is 1. The predicted molar refractivity (Wildman–Crippen MR) is 120 cm³/mol. The van der Waals surface area contributed by atoms with Crippen LogP contribution in [0.3, 0.4) is 0 Å². The van der Waals surface area contributed by atoms with Crippen molar-refractivity contribution in [1.82, 2.24) is 15.3 Å². The molecule has 1 atom stereocenters. The summed E-state index contributed by atoms with van der Waals surface area (Å²) in [5.41, 5.74) is 1.64. The second-order valence-corrected chi connectivity index (χ2v) is 9.63. The Bertz CT molecular complexity index is 1470. The molecule has 0 fully saturated rings. The monoisotopic (exact) mass is 467 g/mol. The fraction of sp³-hybridized carbons (Fsp3) is 0.125. The topological polar surface area (TPSA) is 89.0 Å². The van der Waals surface area contributed by atoms with Gasteiger partial charge in [-0.3, -0.25) is 9.78 Å². The number of carbonyl (C=O) groups is 1. The van der Waals surface area contributed by atoms with Gasteiger partial charge in [0.1, 0.15) is 17.3 Å². The molecule has 1 unspecified atom stereocenters. The molecule has 168 valence electrons. The highest BCUT2D eigenvalue weighted by Gasteiger charge is 2.17. The van der Waals surface area contributed by atoms with Crippen molar-refractivity contribution in [2.45, 2.75) is 17.9 Å². The van der Waals surface area contributed by atoms with E-state index in [9.17, 15) is 22.0 Å². The number of nitrogens with zero attached hydrogens (tertiary/aromatic N) is 2. The van der Waals surface area contributed by atoms with Crippen LogP contribution in [0.4, 0.5) is 8.78 Å². The number of fused-ring (bicyclic) bond motifs is 1. The second kappa shape index (κ2) is 8.67. The molecule has 0 bridgehead atoms. The fourth-order valence-electron chi connectivity index (χ4n) is 3.43. The van der Waals surface area contributed by atoms with Crippen molar-refractivity contribution in [2.24, 2.45) is 0 Å². The first kappa shape index (κ1) is 22.5. The molecule has 1 amide bonds. The lowest BCUT2D eigenvalue weighted by Gasteiger charge is -2.15. The maximum Gasteiger partial charge on any atom is 0.270 e. The van der Waals surface area contributed by atoms with Crippen LogP contribution in [0.2, 0.25) is 0 Å². The summed E-state index contributed by atoms with van der Waals surface area (Å²) in [5.74, 6) is -1.91. The van der Waals surface area contributed by atoms with Gasteiger partial charge >= 0.3 is 0 Å². The number of aromatic nitrogens is 2. The summed E-state index contributed by atoms with van der Waals surface area (Å²) in [5, 5.41) is 3.42. The van der Waals surface area contributed by atoms with Crippen molar-refractivity contribution in [1.29, 1.82) is 0 Å². The Balaban J connectivity index is 1.64. The Labute approximate surface area is 189 Å². The molecule has 0 saturated heterocycles. The highest BCUT2D eigenvalue weighted by Crippen LogP contribution is 2.29. The first-order valence-corrected chi connectivity index (χ1v) is 11.8. The zero-order valence-corrected chi connectivity index (χ0v) is 18.5. The van der Waals surface area contributed by atoms with Crippen molar-refractivity contribution in [3.05, 3.63) is 89.9 Å².